The Morgan fingerprint density at radius 3 is 2.28 bits per heavy atom. The van der Waals surface area contributed by atoms with Crippen LogP contribution in [0.1, 0.15) is 47.5 Å². The van der Waals surface area contributed by atoms with Gasteiger partial charge in [-0.1, -0.05) is 20.8 Å². The third kappa shape index (κ3) is 7.34. The van der Waals surface area contributed by atoms with Crippen molar-refractivity contribution in [3.8, 4) is 0 Å². The van der Waals surface area contributed by atoms with Crippen molar-refractivity contribution >= 4 is 0 Å². The maximum Gasteiger partial charge on any atom is 0.0678 e. The molecule has 3 nitrogen and oxygen atoms in total. The van der Waals surface area contributed by atoms with E-state index in [2.05, 4.69) is 44.8 Å². The number of hydrogen-bond donors (Lipinski definition) is 1. The molecule has 0 bridgehead atoms. The normalized spacial score (nSPS) is 26.5. The molecule has 0 saturated carbocycles. The third-order valence-corrected chi connectivity index (χ3v) is 3.23. The molecule has 2 atom stereocenters. The highest BCUT2D eigenvalue weighted by atomic mass is 16.5. The van der Waals surface area contributed by atoms with E-state index in [0.717, 1.165) is 26.2 Å². The van der Waals surface area contributed by atoms with Crippen molar-refractivity contribution in [2.45, 2.75) is 59.7 Å². The number of hydrogen-bond acceptors (Lipinski definition) is 3. The van der Waals surface area contributed by atoms with Crippen molar-refractivity contribution in [2.24, 2.45) is 5.41 Å². The van der Waals surface area contributed by atoms with Crippen LogP contribution in [0.25, 0.3) is 0 Å². The van der Waals surface area contributed by atoms with E-state index < -0.39 is 0 Å². The van der Waals surface area contributed by atoms with E-state index >= 15 is 0 Å². The van der Waals surface area contributed by atoms with Gasteiger partial charge in [-0.15, -0.1) is 0 Å². The molecule has 0 radical (unpaired) electrons. The lowest BCUT2D eigenvalue weighted by Gasteiger charge is -2.35. The zero-order valence-corrected chi connectivity index (χ0v) is 13.0. The minimum Gasteiger partial charge on any atom is -0.373 e. The van der Waals surface area contributed by atoms with Crippen LogP contribution in [0.15, 0.2) is 0 Å². The van der Waals surface area contributed by atoms with Crippen LogP contribution in [0.3, 0.4) is 0 Å². The van der Waals surface area contributed by atoms with E-state index in [9.17, 15) is 0 Å². The van der Waals surface area contributed by atoms with Crippen LogP contribution in [0.2, 0.25) is 0 Å². The van der Waals surface area contributed by atoms with Crippen molar-refractivity contribution in [3.63, 3.8) is 0 Å². The second kappa shape index (κ2) is 7.46. The number of rotatable bonds is 6. The van der Waals surface area contributed by atoms with Crippen LogP contribution in [-0.2, 0) is 4.74 Å². The summed E-state index contributed by atoms with van der Waals surface area (Å²) in [5.41, 5.74) is 0.398. The average molecular weight is 256 g/mol. The molecule has 18 heavy (non-hydrogen) atoms. The smallest absolute Gasteiger partial charge is 0.0678 e. The molecule has 0 aromatic rings. The van der Waals surface area contributed by atoms with E-state index in [1.54, 1.807) is 0 Å². The number of nitrogens with one attached hydrogen (secondary N) is 1. The van der Waals surface area contributed by atoms with Gasteiger partial charge in [0.2, 0.25) is 0 Å². The lowest BCUT2D eigenvalue weighted by Crippen LogP contribution is -2.45. The molecule has 1 aliphatic heterocycles. The van der Waals surface area contributed by atoms with Gasteiger partial charge in [0.25, 0.3) is 0 Å². The van der Waals surface area contributed by atoms with Gasteiger partial charge in [0, 0.05) is 13.1 Å². The summed E-state index contributed by atoms with van der Waals surface area (Å²) in [7, 11) is 0. The lowest BCUT2D eigenvalue weighted by atomic mass is 9.97. The maximum absolute atomic E-state index is 5.74. The zero-order chi connectivity index (χ0) is 13.6. The summed E-state index contributed by atoms with van der Waals surface area (Å²) in [4.78, 5) is 2.54. The first-order valence-corrected chi connectivity index (χ1v) is 7.45. The Morgan fingerprint density at radius 2 is 1.72 bits per heavy atom. The zero-order valence-electron chi connectivity index (χ0n) is 13.0. The number of unbranched alkanes of at least 4 members (excludes halogenated alkanes) is 1. The molecule has 108 valence electrons. The molecule has 1 aliphatic rings. The van der Waals surface area contributed by atoms with E-state index in [0.29, 0.717) is 17.6 Å². The van der Waals surface area contributed by atoms with E-state index in [1.165, 1.54) is 19.4 Å². The summed E-state index contributed by atoms with van der Waals surface area (Å²) >= 11 is 0. The van der Waals surface area contributed by atoms with Crippen LogP contribution in [0.5, 0.6) is 0 Å². The molecule has 1 fully saturated rings. The number of nitrogens with zero attached hydrogens (tertiary/aromatic N) is 1. The molecular formula is C15H32N2O. The monoisotopic (exact) mass is 256 g/mol. The summed E-state index contributed by atoms with van der Waals surface area (Å²) in [5, 5.41) is 3.54. The third-order valence-electron chi connectivity index (χ3n) is 3.23. The van der Waals surface area contributed by atoms with Crippen molar-refractivity contribution in [2.75, 3.05) is 32.7 Å². The van der Waals surface area contributed by atoms with Gasteiger partial charge in [0.1, 0.15) is 0 Å². The molecular weight excluding hydrogens is 224 g/mol. The fourth-order valence-electron chi connectivity index (χ4n) is 2.52. The van der Waals surface area contributed by atoms with Gasteiger partial charge >= 0.3 is 0 Å². The molecule has 1 rings (SSSR count). The molecule has 0 amide bonds. The summed E-state index contributed by atoms with van der Waals surface area (Å²) < 4.78 is 5.74. The van der Waals surface area contributed by atoms with Gasteiger partial charge in [0.15, 0.2) is 0 Å². The Hall–Kier alpha value is -0.120. The molecule has 0 aromatic heterocycles. The molecule has 1 saturated heterocycles. The minimum absolute atomic E-state index is 0.396. The first-order valence-electron chi connectivity index (χ1n) is 7.45. The molecule has 1 N–H and O–H groups in total. The number of morpholine rings is 1. The minimum atomic E-state index is 0.396. The maximum atomic E-state index is 5.74. The molecule has 1 heterocycles. The second-order valence-corrected chi connectivity index (χ2v) is 6.96. The van der Waals surface area contributed by atoms with E-state index in [4.69, 9.17) is 4.74 Å². The van der Waals surface area contributed by atoms with Crippen LogP contribution < -0.4 is 5.32 Å². The van der Waals surface area contributed by atoms with E-state index in [-0.39, 0.29) is 0 Å². The van der Waals surface area contributed by atoms with Crippen LogP contribution in [0, 0.1) is 5.41 Å². The average Bonchev–Trinajstić information content (AvgIpc) is 2.20. The Kier molecular flexibility index (Phi) is 6.61. The standard InChI is InChI=1S/C15H32N2O/c1-13-10-17(11-14(2)18-13)9-7-6-8-16-12-15(3,4)5/h13-14,16H,6-12H2,1-5H3. The molecule has 0 aliphatic carbocycles. The SMILES string of the molecule is CC1CN(CCCCNCC(C)(C)C)CC(C)O1. The van der Waals surface area contributed by atoms with Gasteiger partial charge in [0.05, 0.1) is 12.2 Å². The van der Waals surface area contributed by atoms with Crippen molar-refractivity contribution in [1.82, 2.24) is 10.2 Å². The van der Waals surface area contributed by atoms with Crippen LogP contribution in [-0.4, -0.2) is 49.8 Å². The highest BCUT2D eigenvalue weighted by Crippen LogP contribution is 2.12. The summed E-state index contributed by atoms with van der Waals surface area (Å²) in [5.74, 6) is 0. The Balaban J connectivity index is 2.01. The van der Waals surface area contributed by atoms with Crippen molar-refractivity contribution in [3.05, 3.63) is 0 Å². The van der Waals surface area contributed by atoms with Gasteiger partial charge in [-0.25, -0.2) is 0 Å². The predicted molar refractivity (Wildman–Crippen MR) is 78.0 cm³/mol. The summed E-state index contributed by atoms with van der Waals surface area (Å²) in [6.45, 7) is 16.8. The van der Waals surface area contributed by atoms with Crippen LogP contribution in [0.4, 0.5) is 0 Å². The molecule has 0 spiro atoms. The largest absolute Gasteiger partial charge is 0.373 e. The molecule has 2 unspecified atom stereocenters. The van der Waals surface area contributed by atoms with E-state index in [1.807, 2.05) is 0 Å². The molecule has 3 heteroatoms. The lowest BCUT2D eigenvalue weighted by molar-refractivity contribution is -0.0681. The van der Waals surface area contributed by atoms with Gasteiger partial charge in [-0.3, -0.25) is 4.90 Å². The van der Waals surface area contributed by atoms with Crippen LogP contribution >= 0.6 is 0 Å². The van der Waals surface area contributed by atoms with Crippen molar-refractivity contribution in [1.29, 1.82) is 0 Å². The highest BCUT2D eigenvalue weighted by Gasteiger charge is 2.21. The fraction of sp³-hybridized carbons (Fsp3) is 1.00. The first kappa shape index (κ1) is 15.9. The van der Waals surface area contributed by atoms with Gasteiger partial charge in [-0.05, 0) is 51.7 Å². The fourth-order valence-corrected chi connectivity index (χ4v) is 2.52. The van der Waals surface area contributed by atoms with Gasteiger partial charge in [-0.2, -0.15) is 0 Å². The number of ether oxygens (including phenoxy) is 1. The Bertz CT molecular complexity index is 215. The molecule has 0 aromatic carbocycles. The first-order chi connectivity index (χ1) is 8.37. The predicted octanol–water partition coefficient (Wildman–Crippen LogP) is 2.51. The quantitative estimate of drug-likeness (QED) is 0.739. The summed E-state index contributed by atoms with van der Waals surface area (Å²) in [6.07, 6.45) is 3.35. The van der Waals surface area contributed by atoms with Gasteiger partial charge < -0.3 is 10.1 Å². The topological polar surface area (TPSA) is 24.5 Å². The Morgan fingerprint density at radius 1 is 1.11 bits per heavy atom. The Labute approximate surface area is 113 Å². The summed E-state index contributed by atoms with van der Waals surface area (Å²) in [6, 6.07) is 0. The highest BCUT2D eigenvalue weighted by molar-refractivity contribution is 4.73. The second-order valence-electron chi connectivity index (χ2n) is 6.96. The van der Waals surface area contributed by atoms with Crippen molar-refractivity contribution < 1.29 is 4.74 Å².